The quantitative estimate of drug-likeness (QED) is 0.413. The van der Waals surface area contributed by atoms with Crippen LogP contribution in [-0.2, 0) is 22.6 Å². The number of benzene rings is 2. The number of allylic oxidation sites excluding steroid dienone is 1. The van der Waals surface area contributed by atoms with E-state index in [2.05, 4.69) is 9.72 Å². The van der Waals surface area contributed by atoms with Crippen molar-refractivity contribution in [2.75, 3.05) is 7.11 Å². The first-order valence-corrected chi connectivity index (χ1v) is 9.13. The minimum absolute atomic E-state index is 0.338. The maximum Gasteiger partial charge on any atom is 0.330 e. The molecule has 0 N–H and O–H groups in total. The van der Waals surface area contributed by atoms with Crippen molar-refractivity contribution >= 4 is 5.97 Å². The van der Waals surface area contributed by atoms with E-state index in [1.54, 1.807) is 0 Å². The van der Waals surface area contributed by atoms with E-state index in [4.69, 9.17) is 9.15 Å². The number of aromatic nitrogens is 1. The van der Waals surface area contributed by atoms with Crippen molar-refractivity contribution < 1.29 is 18.7 Å². The second-order valence-electron chi connectivity index (χ2n) is 6.29. The summed E-state index contributed by atoms with van der Waals surface area (Å²) in [6.45, 7) is 2.23. The first-order valence-electron chi connectivity index (χ1n) is 9.13. The van der Waals surface area contributed by atoms with E-state index < -0.39 is 0 Å². The number of oxazole rings is 1. The van der Waals surface area contributed by atoms with Gasteiger partial charge in [0.05, 0.1) is 7.11 Å². The Morgan fingerprint density at radius 1 is 1.14 bits per heavy atom. The number of methoxy groups -OCH3 is 1. The second-order valence-corrected chi connectivity index (χ2v) is 6.29. The van der Waals surface area contributed by atoms with Gasteiger partial charge in [0.1, 0.15) is 23.8 Å². The molecule has 0 atom stereocenters. The molecule has 0 bridgehead atoms. The second kappa shape index (κ2) is 9.55. The zero-order valence-electron chi connectivity index (χ0n) is 16.1. The van der Waals surface area contributed by atoms with Crippen LogP contribution in [0.25, 0.3) is 11.5 Å². The van der Waals surface area contributed by atoms with Crippen LogP contribution in [0.5, 0.6) is 5.75 Å². The third-order valence-corrected chi connectivity index (χ3v) is 4.24. The first-order chi connectivity index (χ1) is 13.7. The van der Waals surface area contributed by atoms with Gasteiger partial charge < -0.3 is 13.9 Å². The third-order valence-electron chi connectivity index (χ3n) is 4.24. The number of nitrogens with zero attached hydrogens (tertiary/aromatic N) is 1. The molecule has 0 saturated heterocycles. The lowest BCUT2D eigenvalue weighted by Crippen LogP contribution is -1.98. The third kappa shape index (κ3) is 5.33. The zero-order chi connectivity index (χ0) is 19.8. The van der Waals surface area contributed by atoms with Gasteiger partial charge in [0.15, 0.2) is 0 Å². The zero-order valence-corrected chi connectivity index (χ0v) is 16.1. The summed E-state index contributed by atoms with van der Waals surface area (Å²) in [6.07, 6.45) is 4.81. The highest BCUT2D eigenvalue weighted by atomic mass is 16.5. The van der Waals surface area contributed by atoms with Gasteiger partial charge in [0.25, 0.3) is 0 Å². The molecule has 3 aromatic rings. The molecular weight excluding hydrogens is 354 g/mol. The Balaban J connectivity index is 1.58. The van der Waals surface area contributed by atoms with Crippen molar-refractivity contribution in [1.29, 1.82) is 0 Å². The summed E-state index contributed by atoms with van der Waals surface area (Å²) >= 11 is 0. The van der Waals surface area contributed by atoms with Gasteiger partial charge in [-0.05, 0) is 49.6 Å². The summed E-state index contributed by atoms with van der Waals surface area (Å²) < 4.78 is 16.3. The number of carbonyl (C=O) groups is 1. The average Bonchev–Trinajstić information content (AvgIpc) is 3.11. The molecule has 1 aromatic heterocycles. The topological polar surface area (TPSA) is 61.6 Å². The van der Waals surface area contributed by atoms with E-state index in [0.717, 1.165) is 41.2 Å². The molecule has 28 heavy (non-hydrogen) atoms. The lowest BCUT2D eigenvalue weighted by molar-refractivity contribution is -0.134. The molecule has 0 amide bonds. The summed E-state index contributed by atoms with van der Waals surface area (Å²) in [5.74, 6) is 1.79. The van der Waals surface area contributed by atoms with Crippen molar-refractivity contribution in [2.45, 2.75) is 26.4 Å². The highest BCUT2D eigenvalue weighted by Crippen LogP contribution is 2.23. The SMILES string of the molecule is COC(=O)C=CCCc1cccc(OCc2nc(-c3ccccc3)oc2C)c1. The normalized spacial score (nSPS) is 10.9. The van der Waals surface area contributed by atoms with Crippen LogP contribution in [0.2, 0.25) is 0 Å². The van der Waals surface area contributed by atoms with E-state index in [1.165, 1.54) is 13.2 Å². The van der Waals surface area contributed by atoms with Gasteiger partial charge >= 0.3 is 5.97 Å². The predicted octanol–water partition coefficient (Wildman–Crippen LogP) is 4.89. The summed E-state index contributed by atoms with van der Waals surface area (Å²) in [6, 6.07) is 17.7. The fourth-order valence-electron chi connectivity index (χ4n) is 2.71. The predicted molar refractivity (Wildman–Crippen MR) is 107 cm³/mol. The van der Waals surface area contributed by atoms with Gasteiger partial charge in [-0.1, -0.05) is 36.4 Å². The van der Waals surface area contributed by atoms with Crippen molar-refractivity contribution in [3.63, 3.8) is 0 Å². The van der Waals surface area contributed by atoms with Crippen molar-refractivity contribution in [3.05, 3.63) is 83.8 Å². The molecule has 0 saturated carbocycles. The number of rotatable bonds is 8. The van der Waals surface area contributed by atoms with Gasteiger partial charge in [-0.3, -0.25) is 0 Å². The molecule has 2 aromatic carbocycles. The lowest BCUT2D eigenvalue weighted by Gasteiger charge is -2.06. The molecule has 0 aliphatic rings. The molecule has 0 aliphatic heterocycles. The van der Waals surface area contributed by atoms with Crippen LogP contribution in [0.4, 0.5) is 0 Å². The number of carbonyl (C=O) groups excluding carboxylic acids is 1. The molecule has 0 radical (unpaired) electrons. The Morgan fingerprint density at radius 3 is 2.75 bits per heavy atom. The van der Waals surface area contributed by atoms with E-state index in [0.29, 0.717) is 12.5 Å². The van der Waals surface area contributed by atoms with E-state index >= 15 is 0 Å². The molecule has 5 heteroatoms. The maximum atomic E-state index is 11.1. The number of aryl methyl sites for hydroxylation is 2. The van der Waals surface area contributed by atoms with Crippen LogP contribution in [0, 0.1) is 6.92 Å². The number of hydrogen-bond donors (Lipinski definition) is 0. The minimum atomic E-state index is -0.338. The maximum absolute atomic E-state index is 11.1. The lowest BCUT2D eigenvalue weighted by atomic mass is 10.1. The smallest absolute Gasteiger partial charge is 0.330 e. The molecule has 5 nitrogen and oxygen atoms in total. The largest absolute Gasteiger partial charge is 0.487 e. The molecule has 1 heterocycles. The fourth-order valence-corrected chi connectivity index (χ4v) is 2.71. The fraction of sp³-hybridized carbons (Fsp3) is 0.217. The van der Waals surface area contributed by atoms with Crippen LogP contribution >= 0.6 is 0 Å². The van der Waals surface area contributed by atoms with Gasteiger partial charge in [-0.2, -0.15) is 0 Å². The Kier molecular flexibility index (Phi) is 6.63. The van der Waals surface area contributed by atoms with Crippen molar-refractivity contribution in [3.8, 4) is 17.2 Å². The first kappa shape index (κ1) is 19.4. The monoisotopic (exact) mass is 377 g/mol. The highest BCUT2D eigenvalue weighted by molar-refractivity contribution is 5.81. The Labute approximate surface area is 164 Å². The van der Waals surface area contributed by atoms with Crippen molar-refractivity contribution in [1.82, 2.24) is 4.98 Å². The number of esters is 1. The van der Waals surface area contributed by atoms with Gasteiger partial charge in [-0.25, -0.2) is 9.78 Å². The molecule has 0 spiro atoms. The molecule has 0 unspecified atom stereocenters. The summed E-state index contributed by atoms with van der Waals surface area (Å²) in [5, 5.41) is 0. The molecule has 144 valence electrons. The van der Waals surface area contributed by atoms with Crippen LogP contribution in [0.3, 0.4) is 0 Å². The van der Waals surface area contributed by atoms with Crippen LogP contribution in [0.1, 0.15) is 23.4 Å². The summed E-state index contributed by atoms with van der Waals surface area (Å²) in [4.78, 5) is 15.6. The minimum Gasteiger partial charge on any atom is -0.487 e. The molecule has 0 aliphatic carbocycles. The average molecular weight is 377 g/mol. The standard InChI is InChI=1S/C23H23NO4/c1-17-21(24-23(28-17)19-11-4-3-5-12-19)16-27-20-13-8-10-18(15-20)9-6-7-14-22(25)26-2/h3-5,7-8,10-15H,6,9,16H2,1-2H3. The summed E-state index contributed by atoms with van der Waals surface area (Å²) in [7, 11) is 1.37. The highest BCUT2D eigenvalue weighted by Gasteiger charge is 2.11. The van der Waals surface area contributed by atoms with Crippen molar-refractivity contribution in [2.24, 2.45) is 0 Å². The Hall–Kier alpha value is -3.34. The molecule has 0 fully saturated rings. The van der Waals surface area contributed by atoms with E-state index in [-0.39, 0.29) is 5.97 Å². The molecular formula is C23H23NO4. The Morgan fingerprint density at radius 2 is 1.96 bits per heavy atom. The number of ether oxygens (including phenoxy) is 2. The van der Waals surface area contributed by atoms with Gasteiger partial charge in [0.2, 0.25) is 5.89 Å². The van der Waals surface area contributed by atoms with Crippen LogP contribution < -0.4 is 4.74 Å². The Bertz CT molecular complexity index is 944. The van der Waals surface area contributed by atoms with Crippen LogP contribution in [0.15, 0.2) is 71.2 Å². The van der Waals surface area contributed by atoms with E-state index in [9.17, 15) is 4.79 Å². The van der Waals surface area contributed by atoms with Gasteiger partial charge in [-0.15, -0.1) is 0 Å². The molecule has 3 rings (SSSR count). The number of hydrogen-bond acceptors (Lipinski definition) is 5. The summed E-state index contributed by atoms with van der Waals surface area (Å²) in [5.41, 5.74) is 2.86. The van der Waals surface area contributed by atoms with E-state index in [1.807, 2.05) is 67.6 Å². The van der Waals surface area contributed by atoms with Crippen LogP contribution in [-0.4, -0.2) is 18.1 Å². The van der Waals surface area contributed by atoms with Gasteiger partial charge in [0, 0.05) is 11.6 Å².